The van der Waals surface area contributed by atoms with Crippen LogP contribution >= 0.6 is 0 Å². The summed E-state index contributed by atoms with van der Waals surface area (Å²) in [5, 5.41) is 4.51. The normalized spacial score (nSPS) is 16.5. The lowest BCUT2D eigenvalue weighted by molar-refractivity contribution is -0.0742. The fraction of sp³-hybridized carbons (Fsp3) is 0.222. The molecule has 2 aliphatic heterocycles. The Kier molecular flexibility index (Phi) is 5.18. The van der Waals surface area contributed by atoms with E-state index in [9.17, 15) is 13.6 Å². The molecule has 1 spiro atoms. The van der Waals surface area contributed by atoms with Crippen LogP contribution < -0.4 is 0 Å². The Bertz CT molecular complexity index is 1410. The zero-order chi connectivity index (χ0) is 24.0. The summed E-state index contributed by atoms with van der Waals surface area (Å²) >= 11 is 0. The summed E-state index contributed by atoms with van der Waals surface area (Å²) in [5.41, 5.74) is 3.98. The van der Waals surface area contributed by atoms with E-state index in [1.807, 2.05) is 12.1 Å². The molecule has 0 N–H and O–H groups in total. The minimum atomic E-state index is -0.982. The van der Waals surface area contributed by atoms with E-state index in [0.717, 1.165) is 17.7 Å². The van der Waals surface area contributed by atoms with E-state index in [0.29, 0.717) is 43.9 Å². The number of amides is 1. The van der Waals surface area contributed by atoms with Gasteiger partial charge in [-0.2, -0.15) is 5.10 Å². The summed E-state index contributed by atoms with van der Waals surface area (Å²) in [4.78, 5) is 19.3. The Balaban J connectivity index is 1.30. The monoisotopic (exact) mass is 472 g/mol. The van der Waals surface area contributed by atoms with E-state index < -0.39 is 11.6 Å². The number of halogens is 2. The van der Waals surface area contributed by atoms with Crippen molar-refractivity contribution in [1.82, 2.24) is 19.7 Å². The number of hydrogen-bond donors (Lipinski definition) is 0. The molecule has 1 amide bonds. The third kappa shape index (κ3) is 3.70. The molecule has 8 heteroatoms. The SMILES string of the molecule is O=C(c1cc(-c2ccncc2)n(-c2ccc(F)c(F)c2)n1)N1CCC2(CC1)OCc1ccccc12. The van der Waals surface area contributed by atoms with Crippen molar-refractivity contribution >= 4 is 5.91 Å². The van der Waals surface area contributed by atoms with E-state index in [1.165, 1.54) is 21.9 Å². The number of benzene rings is 2. The maximum atomic E-state index is 14.0. The number of carbonyl (C=O) groups excluding carboxylic acids is 1. The fourth-order valence-electron chi connectivity index (χ4n) is 5.06. The van der Waals surface area contributed by atoms with Crippen molar-refractivity contribution in [2.24, 2.45) is 0 Å². The summed E-state index contributed by atoms with van der Waals surface area (Å²) < 4.78 is 35.2. The molecule has 1 saturated heterocycles. The van der Waals surface area contributed by atoms with Gasteiger partial charge in [-0.25, -0.2) is 13.5 Å². The van der Waals surface area contributed by atoms with Crippen LogP contribution in [0.25, 0.3) is 16.9 Å². The van der Waals surface area contributed by atoms with E-state index >= 15 is 0 Å². The highest BCUT2D eigenvalue weighted by Crippen LogP contribution is 2.44. The highest BCUT2D eigenvalue weighted by atomic mass is 19.2. The largest absolute Gasteiger partial charge is 0.365 e. The smallest absolute Gasteiger partial charge is 0.274 e. The second kappa shape index (κ2) is 8.39. The highest BCUT2D eigenvalue weighted by molar-refractivity contribution is 5.93. The van der Waals surface area contributed by atoms with Crippen LogP contribution in [0.4, 0.5) is 8.78 Å². The van der Waals surface area contributed by atoms with Gasteiger partial charge in [-0.05, 0) is 54.3 Å². The molecule has 2 aromatic carbocycles. The molecule has 4 aromatic rings. The molecule has 0 aliphatic carbocycles. The maximum absolute atomic E-state index is 14.0. The van der Waals surface area contributed by atoms with Crippen molar-refractivity contribution in [3.63, 3.8) is 0 Å². The van der Waals surface area contributed by atoms with Gasteiger partial charge in [-0.3, -0.25) is 9.78 Å². The number of aromatic nitrogens is 3. The zero-order valence-corrected chi connectivity index (χ0v) is 18.8. The van der Waals surface area contributed by atoms with Crippen LogP contribution in [-0.2, 0) is 16.9 Å². The molecule has 35 heavy (non-hydrogen) atoms. The molecule has 2 aliphatic rings. The van der Waals surface area contributed by atoms with Crippen molar-refractivity contribution in [2.45, 2.75) is 25.0 Å². The van der Waals surface area contributed by atoms with Gasteiger partial charge in [0.05, 0.1) is 23.6 Å². The van der Waals surface area contributed by atoms with Gasteiger partial charge in [-0.1, -0.05) is 24.3 Å². The second-order valence-corrected chi connectivity index (χ2v) is 8.89. The van der Waals surface area contributed by atoms with Crippen molar-refractivity contribution in [3.8, 4) is 16.9 Å². The topological polar surface area (TPSA) is 60.2 Å². The molecule has 0 atom stereocenters. The molecule has 6 nitrogen and oxygen atoms in total. The molecule has 6 rings (SSSR count). The molecule has 2 aromatic heterocycles. The summed E-state index contributed by atoms with van der Waals surface area (Å²) in [6, 6.07) is 17.0. The van der Waals surface area contributed by atoms with Gasteiger partial charge >= 0.3 is 0 Å². The lowest BCUT2D eigenvalue weighted by Crippen LogP contribution is -2.45. The molecule has 0 saturated carbocycles. The Morgan fingerprint density at radius 3 is 2.49 bits per heavy atom. The first-order valence-corrected chi connectivity index (χ1v) is 11.5. The average molecular weight is 472 g/mol. The van der Waals surface area contributed by atoms with Gasteiger partial charge in [0.1, 0.15) is 0 Å². The average Bonchev–Trinajstić information content (AvgIpc) is 3.50. The lowest BCUT2D eigenvalue weighted by atomic mass is 9.84. The minimum Gasteiger partial charge on any atom is -0.365 e. The van der Waals surface area contributed by atoms with Crippen molar-refractivity contribution in [3.05, 3.63) is 102 Å². The Hall–Kier alpha value is -3.91. The number of carbonyl (C=O) groups is 1. The molecule has 4 heterocycles. The first-order chi connectivity index (χ1) is 17.0. The van der Waals surface area contributed by atoms with E-state index in [2.05, 4.69) is 22.2 Å². The number of fused-ring (bicyclic) bond motifs is 2. The quantitative estimate of drug-likeness (QED) is 0.427. The van der Waals surface area contributed by atoms with E-state index in [4.69, 9.17) is 4.74 Å². The Morgan fingerprint density at radius 2 is 1.71 bits per heavy atom. The van der Waals surface area contributed by atoms with Crippen molar-refractivity contribution < 1.29 is 18.3 Å². The van der Waals surface area contributed by atoms with Crippen LogP contribution in [-0.4, -0.2) is 38.7 Å². The molecule has 0 bridgehead atoms. The van der Waals surface area contributed by atoms with Crippen LogP contribution in [0.2, 0.25) is 0 Å². The highest BCUT2D eigenvalue weighted by Gasteiger charge is 2.43. The van der Waals surface area contributed by atoms with Crippen LogP contribution in [0.1, 0.15) is 34.5 Å². The number of hydrogen-bond acceptors (Lipinski definition) is 4. The van der Waals surface area contributed by atoms with Gasteiger partial charge in [0.15, 0.2) is 17.3 Å². The third-order valence-electron chi connectivity index (χ3n) is 6.92. The van der Waals surface area contributed by atoms with Crippen LogP contribution in [0, 0.1) is 11.6 Å². The number of piperidine rings is 1. The predicted molar refractivity (Wildman–Crippen MR) is 125 cm³/mol. The predicted octanol–water partition coefficient (Wildman–Crippen LogP) is 4.87. The number of pyridine rings is 1. The van der Waals surface area contributed by atoms with Gasteiger partial charge in [-0.15, -0.1) is 0 Å². The number of ether oxygens (including phenoxy) is 1. The molecule has 176 valence electrons. The standard InChI is InChI=1S/C27H22F2N4O2/c28-22-6-5-20(15-23(22)29)33-25(18-7-11-30-12-8-18)16-24(31-33)26(34)32-13-9-27(10-14-32)21-4-2-1-3-19(21)17-35-27/h1-8,11-12,15-16H,9-10,13-14,17H2. The first-order valence-electron chi connectivity index (χ1n) is 11.5. The first kappa shape index (κ1) is 21.6. The summed E-state index contributed by atoms with van der Waals surface area (Å²) in [6.45, 7) is 1.67. The van der Waals surface area contributed by atoms with E-state index in [1.54, 1.807) is 35.5 Å². The van der Waals surface area contributed by atoms with Gasteiger partial charge < -0.3 is 9.64 Å². The Labute approximate surface area is 200 Å². The zero-order valence-electron chi connectivity index (χ0n) is 18.8. The molecule has 1 fully saturated rings. The van der Waals surface area contributed by atoms with Crippen LogP contribution in [0.5, 0.6) is 0 Å². The van der Waals surface area contributed by atoms with Gasteiger partial charge in [0.25, 0.3) is 5.91 Å². The molecular formula is C27H22F2N4O2. The number of likely N-dealkylation sites (tertiary alicyclic amines) is 1. The fourth-order valence-corrected chi connectivity index (χ4v) is 5.06. The van der Waals surface area contributed by atoms with Gasteiger partial charge in [0.2, 0.25) is 0 Å². The number of rotatable bonds is 3. The summed E-state index contributed by atoms with van der Waals surface area (Å²) in [5.74, 6) is -2.13. The maximum Gasteiger partial charge on any atom is 0.274 e. The van der Waals surface area contributed by atoms with E-state index in [-0.39, 0.29) is 17.2 Å². The number of nitrogens with zero attached hydrogens (tertiary/aromatic N) is 4. The van der Waals surface area contributed by atoms with Crippen molar-refractivity contribution in [2.75, 3.05) is 13.1 Å². The van der Waals surface area contributed by atoms with Gasteiger partial charge in [0, 0.05) is 37.1 Å². The van der Waals surface area contributed by atoms with Crippen LogP contribution in [0.3, 0.4) is 0 Å². The lowest BCUT2D eigenvalue weighted by Gasteiger charge is -2.39. The van der Waals surface area contributed by atoms with Crippen molar-refractivity contribution in [1.29, 1.82) is 0 Å². The molecule has 0 unspecified atom stereocenters. The third-order valence-corrected chi connectivity index (χ3v) is 6.92. The Morgan fingerprint density at radius 1 is 0.943 bits per heavy atom. The summed E-state index contributed by atoms with van der Waals surface area (Å²) in [6.07, 6.45) is 4.67. The molecule has 0 radical (unpaired) electrons. The molecular weight excluding hydrogens is 450 g/mol. The van der Waals surface area contributed by atoms with Crippen LogP contribution in [0.15, 0.2) is 73.1 Å². The summed E-state index contributed by atoms with van der Waals surface area (Å²) in [7, 11) is 0. The minimum absolute atomic E-state index is 0.206. The second-order valence-electron chi connectivity index (χ2n) is 8.89.